The second-order valence-electron chi connectivity index (χ2n) is 5.08. The molecule has 16 heavy (non-hydrogen) atoms. The first-order chi connectivity index (χ1) is 7.72. The zero-order valence-electron chi connectivity index (χ0n) is 11.5. The summed E-state index contributed by atoms with van der Waals surface area (Å²) in [5, 5.41) is 12.5. The van der Waals surface area contributed by atoms with Gasteiger partial charge >= 0.3 is 0 Å². The Morgan fingerprint density at radius 2 is 1.62 bits per heavy atom. The minimum Gasteiger partial charge on any atom is -0.396 e. The summed E-state index contributed by atoms with van der Waals surface area (Å²) in [5.41, 5.74) is 0. The third-order valence-electron chi connectivity index (χ3n) is 3.18. The smallest absolute Gasteiger partial charge is 0.0445 e. The minimum absolute atomic E-state index is 0.298. The molecule has 1 atom stereocenters. The van der Waals surface area contributed by atoms with Crippen LogP contribution in [0.2, 0.25) is 0 Å². The van der Waals surface area contributed by atoms with Crippen molar-refractivity contribution in [1.82, 2.24) is 5.32 Å². The number of aliphatic hydroxyl groups is 1. The summed E-state index contributed by atoms with van der Waals surface area (Å²) >= 11 is 0. The summed E-state index contributed by atoms with van der Waals surface area (Å²) in [6, 6.07) is 0.487. The Balaban J connectivity index is 3.33. The van der Waals surface area contributed by atoms with Crippen LogP contribution < -0.4 is 5.32 Å². The van der Waals surface area contributed by atoms with Gasteiger partial charge in [-0.1, -0.05) is 52.9 Å². The number of aliphatic hydroxyl groups excluding tert-OH is 1. The van der Waals surface area contributed by atoms with Gasteiger partial charge in [0.2, 0.25) is 0 Å². The van der Waals surface area contributed by atoms with Gasteiger partial charge in [0.05, 0.1) is 0 Å². The first-order valence-corrected chi connectivity index (χ1v) is 7.06. The van der Waals surface area contributed by atoms with Gasteiger partial charge in [0.15, 0.2) is 0 Å². The molecule has 2 heteroatoms. The highest BCUT2D eigenvalue weighted by Crippen LogP contribution is 2.07. The van der Waals surface area contributed by atoms with Crippen molar-refractivity contribution in [2.24, 2.45) is 5.92 Å². The van der Waals surface area contributed by atoms with Crippen LogP contribution in [0.1, 0.15) is 65.7 Å². The predicted octanol–water partition coefficient (Wildman–Crippen LogP) is 3.34. The lowest BCUT2D eigenvalue weighted by Gasteiger charge is -2.21. The van der Waals surface area contributed by atoms with E-state index >= 15 is 0 Å². The van der Waals surface area contributed by atoms with Crippen LogP contribution in [0.3, 0.4) is 0 Å². The van der Waals surface area contributed by atoms with Crippen molar-refractivity contribution >= 4 is 0 Å². The van der Waals surface area contributed by atoms with Crippen LogP contribution in [0.4, 0.5) is 0 Å². The average Bonchev–Trinajstić information content (AvgIpc) is 2.26. The fourth-order valence-corrected chi connectivity index (χ4v) is 2.00. The highest BCUT2D eigenvalue weighted by atomic mass is 16.3. The van der Waals surface area contributed by atoms with E-state index in [9.17, 15) is 0 Å². The molecule has 0 aliphatic rings. The van der Waals surface area contributed by atoms with Gasteiger partial charge in [-0.15, -0.1) is 0 Å². The Morgan fingerprint density at radius 3 is 2.19 bits per heavy atom. The molecule has 98 valence electrons. The van der Waals surface area contributed by atoms with Crippen molar-refractivity contribution in [3.63, 3.8) is 0 Å². The van der Waals surface area contributed by atoms with Crippen LogP contribution in [-0.2, 0) is 0 Å². The summed E-state index contributed by atoms with van der Waals surface area (Å²) in [6.07, 6.45) is 8.97. The van der Waals surface area contributed by atoms with Gasteiger partial charge in [0.25, 0.3) is 0 Å². The molecule has 0 bridgehead atoms. The molecule has 0 rings (SSSR count). The normalized spacial score (nSPS) is 13.3. The number of hydrogen-bond acceptors (Lipinski definition) is 2. The van der Waals surface area contributed by atoms with Crippen molar-refractivity contribution in [1.29, 1.82) is 0 Å². The summed E-state index contributed by atoms with van der Waals surface area (Å²) in [5.74, 6) is 0.618. The molecule has 0 saturated carbocycles. The third-order valence-corrected chi connectivity index (χ3v) is 3.18. The zero-order chi connectivity index (χ0) is 12.2. The molecule has 0 spiro atoms. The Morgan fingerprint density at radius 1 is 1.00 bits per heavy atom. The van der Waals surface area contributed by atoms with E-state index in [1.165, 1.54) is 38.5 Å². The van der Waals surface area contributed by atoms with Crippen molar-refractivity contribution in [2.45, 2.75) is 71.8 Å². The fraction of sp³-hybridized carbons (Fsp3) is 1.00. The predicted molar refractivity (Wildman–Crippen MR) is 71.7 cm³/mol. The summed E-state index contributed by atoms with van der Waals surface area (Å²) < 4.78 is 0. The van der Waals surface area contributed by atoms with Crippen molar-refractivity contribution in [3.8, 4) is 0 Å². The first-order valence-electron chi connectivity index (χ1n) is 7.06. The molecule has 0 aliphatic carbocycles. The lowest BCUT2D eigenvalue weighted by Crippen LogP contribution is -2.35. The van der Waals surface area contributed by atoms with E-state index in [2.05, 4.69) is 26.1 Å². The van der Waals surface area contributed by atoms with Gasteiger partial charge < -0.3 is 10.4 Å². The molecule has 2 N–H and O–H groups in total. The van der Waals surface area contributed by atoms with Crippen LogP contribution in [0.5, 0.6) is 0 Å². The molecule has 0 aliphatic heterocycles. The van der Waals surface area contributed by atoms with Crippen LogP contribution >= 0.6 is 0 Å². The number of rotatable bonds is 11. The van der Waals surface area contributed by atoms with Gasteiger partial charge in [-0.25, -0.2) is 0 Å². The highest BCUT2D eigenvalue weighted by Gasteiger charge is 2.10. The van der Waals surface area contributed by atoms with Crippen molar-refractivity contribution in [2.75, 3.05) is 13.2 Å². The quantitative estimate of drug-likeness (QED) is 0.533. The lowest BCUT2D eigenvalue weighted by atomic mass is 10.0. The Kier molecular flexibility index (Phi) is 11.3. The maximum absolute atomic E-state index is 8.95. The molecule has 1 unspecified atom stereocenters. The summed E-state index contributed by atoms with van der Waals surface area (Å²) in [6.45, 7) is 8.09. The molecule has 0 fully saturated rings. The van der Waals surface area contributed by atoms with Crippen LogP contribution in [0.15, 0.2) is 0 Å². The lowest BCUT2D eigenvalue weighted by molar-refractivity contribution is 0.244. The van der Waals surface area contributed by atoms with E-state index < -0.39 is 0 Å². The van der Waals surface area contributed by atoms with E-state index in [0.717, 1.165) is 13.0 Å². The number of unbranched alkanes of at least 4 members (excludes halogenated alkanes) is 5. The van der Waals surface area contributed by atoms with E-state index in [0.29, 0.717) is 18.6 Å². The summed E-state index contributed by atoms with van der Waals surface area (Å²) in [7, 11) is 0. The van der Waals surface area contributed by atoms with Crippen LogP contribution in [0.25, 0.3) is 0 Å². The van der Waals surface area contributed by atoms with E-state index in [4.69, 9.17) is 5.11 Å². The standard InChI is InChI=1S/C14H31NO/c1-4-5-6-7-8-9-11-15-14(10-12-16)13(2)3/h13-16H,4-12H2,1-3H3. The van der Waals surface area contributed by atoms with E-state index in [1.54, 1.807) is 0 Å². The minimum atomic E-state index is 0.298. The molecule has 0 aromatic carbocycles. The summed E-state index contributed by atoms with van der Waals surface area (Å²) in [4.78, 5) is 0. The largest absolute Gasteiger partial charge is 0.396 e. The maximum atomic E-state index is 8.95. The molecule has 2 nitrogen and oxygen atoms in total. The van der Waals surface area contributed by atoms with Gasteiger partial charge in [0, 0.05) is 12.6 Å². The molecule has 0 radical (unpaired) electrons. The maximum Gasteiger partial charge on any atom is 0.0445 e. The fourth-order valence-electron chi connectivity index (χ4n) is 2.00. The molecule has 0 aromatic heterocycles. The Labute approximate surface area is 102 Å². The Hall–Kier alpha value is -0.0800. The first kappa shape index (κ1) is 15.9. The number of nitrogens with one attached hydrogen (secondary N) is 1. The molecule has 0 saturated heterocycles. The highest BCUT2D eigenvalue weighted by molar-refractivity contribution is 4.69. The SMILES string of the molecule is CCCCCCCCNC(CCO)C(C)C. The van der Waals surface area contributed by atoms with Gasteiger partial charge in [-0.3, -0.25) is 0 Å². The van der Waals surface area contributed by atoms with Crippen LogP contribution in [0, 0.1) is 5.92 Å². The second-order valence-corrected chi connectivity index (χ2v) is 5.08. The molecular weight excluding hydrogens is 198 g/mol. The molecule has 0 aromatic rings. The van der Waals surface area contributed by atoms with Gasteiger partial charge in [0.1, 0.15) is 0 Å². The zero-order valence-corrected chi connectivity index (χ0v) is 11.5. The molecule has 0 heterocycles. The molecular formula is C14H31NO. The van der Waals surface area contributed by atoms with Crippen molar-refractivity contribution < 1.29 is 5.11 Å². The van der Waals surface area contributed by atoms with E-state index in [1.807, 2.05) is 0 Å². The monoisotopic (exact) mass is 229 g/mol. The topological polar surface area (TPSA) is 32.3 Å². The van der Waals surface area contributed by atoms with Crippen LogP contribution in [-0.4, -0.2) is 24.3 Å². The van der Waals surface area contributed by atoms with E-state index in [-0.39, 0.29) is 0 Å². The average molecular weight is 229 g/mol. The second kappa shape index (κ2) is 11.4. The Bertz CT molecular complexity index is 137. The van der Waals surface area contributed by atoms with Gasteiger partial charge in [-0.2, -0.15) is 0 Å². The molecule has 0 amide bonds. The van der Waals surface area contributed by atoms with Gasteiger partial charge in [-0.05, 0) is 25.3 Å². The number of hydrogen-bond donors (Lipinski definition) is 2. The van der Waals surface area contributed by atoms with Crippen molar-refractivity contribution in [3.05, 3.63) is 0 Å². The third kappa shape index (κ3) is 9.17.